The summed E-state index contributed by atoms with van der Waals surface area (Å²) in [6, 6.07) is 2.15. The Morgan fingerprint density at radius 2 is 2.43 bits per heavy atom. The standard InChI is InChI=1S/C10H13FN2S/c11-9-5-7-1-3-13-4-2-12-6-8(13)10(7)14-9/h5,8,12H,1-4,6H2. The Morgan fingerprint density at radius 1 is 1.50 bits per heavy atom. The van der Waals surface area contributed by atoms with E-state index in [1.807, 2.05) is 0 Å². The predicted octanol–water partition coefficient (Wildman–Crippen LogP) is 1.39. The first-order valence-electron chi connectivity index (χ1n) is 5.07. The molecule has 1 N–H and O–H groups in total. The molecule has 1 saturated heterocycles. The summed E-state index contributed by atoms with van der Waals surface area (Å²) in [5.41, 5.74) is 1.23. The zero-order valence-electron chi connectivity index (χ0n) is 7.92. The van der Waals surface area contributed by atoms with Crippen LogP contribution in [0, 0.1) is 5.13 Å². The SMILES string of the molecule is Fc1cc2c(s1)C1CNCCN1CC2. The number of hydrogen-bond acceptors (Lipinski definition) is 3. The smallest absolute Gasteiger partial charge is 0.176 e. The summed E-state index contributed by atoms with van der Waals surface area (Å²) in [7, 11) is 0. The lowest BCUT2D eigenvalue weighted by atomic mass is 10.00. The van der Waals surface area contributed by atoms with Crippen LogP contribution in [0.5, 0.6) is 0 Å². The zero-order chi connectivity index (χ0) is 9.54. The van der Waals surface area contributed by atoms with Crippen LogP contribution in [0.4, 0.5) is 4.39 Å². The van der Waals surface area contributed by atoms with Crippen molar-refractivity contribution in [1.82, 2.24) is 10.2 Å². The molecule has 1 aromatic heterocycles. The summed E-state index contributed by atoms with van der Waals surface area (Å²) < 4.78 is 13.1. The Labute approximate surface area is 86.7 Å². The Morgan fingerprint density at radius 3 is 3.36 bits per heavy atom. The first-order valence-corrected chi connectivity index (χ1v) is 5.89. The van der Waals surface area contributed by atoms with Crippen LogP contribution >= 0.6 is 11.3 Å². The van der Waals surface area contributed by atoms with Gasteiger partial charge in [-0.15, -0.1) is 11.3 Å². The lowest BCUT2D eigenvalue weighted by Crippen LogP contribution is -2.48. The molecule has 0 saturated carbocycles. The number of fused-ring (bicyclic) bond motifs is 3. The van der Waals surface area contributed by atoms with Crippen molar-refractivity contribution in [1.29, 1.82) is 0 Å². The van der Waals surface area contributed by atoms with Gasteiger partial charge in [0, 0.05) is 31.1 Å². The van der Waals surface area contributed by atoms with E-state index in [-0.39, 0.29) is 5.13 Å². The van der Waals surface area contributed by atoms with Crippen molar-refractivity contribution < 1.29 is 4.39 Å². The molecule has 3 heterocycles. The van der Waals surface area contributed by atoms with E-state index in [1.165, 1.54) is 21.8 Å². The van der Waals surface area contributed by atoms with E-state index in [0.29, 0.717) is 6.04 Å². The maximum absolute atomic E-state index is 13.1. The molecular weight excluding hydrogens is 199 g/mol. The van der Waals surface area contributed by atoms with Gasteiger partial charge < -0.3 is 5.32 Å². The highest BCUT2D eigenvalue weighted by molar-refractivity contribution is 7.10. The van der Waals surface area contributed by atoms with Gasteiger partial charge in [0.15, 0.2) is 5.13 Å². The van der Waals surface area contributed by atoms with Crippen LogP contribution in [0.3, 0.4) is 0 Å². The van der Waals surface area contributed by atoms with Gasteiger partial charge in [-0.2, -0.15) is 4.39 Å². The molecule has 76 valence electrons. The summed E-state index contributed by atoms with van der Waals surface area (Å²) in [5.74, 6) is 0. The molecule has 4 heteroatoms. The predicted molar refractivity (Wildman–Crippen MR) is 55.2 cm³/mol. The third kappa shape index (κ3) is 1.29. The van der Waals surface area contributed by atoms with Gasteiger partial charge in [0.05, 0.1) is 6.04 Å². The first kappa shape index (κ1) is 8.83. The highest BCUT2D eigenvalue weighted by Crippen LogP contribution is 2.35. The molecule has 1 fully saturated rings. The van der Waals surface area contributed by atoms with Crippen molar-refractivity contribution in [2.45, 2.75) is 12.5 Å². The van der Waals surface area contributed by atoms with Gasteiger partial charge in [-0.3, -0.25) is 4.90 Å². The van der Waals surface area contributed by atoms with Crippen molar-refractivity contribution >= 4 is 11.3 Å². The van der Waals surface area contributed by atoms with E-state index in [9.17, 15) is 4.39 Å². The molecule has 0 spiro atoms. The maximum atomic E-state index is 13.1. The molecule has 1 unspecified atom stereocenters. The highest BCUT2D eigenvalue weighted by Gasteiger charge is 2.31. The summed E-state index contributed by atoms with van der Waals surface area (Å²) in [6.45, 7) is 4.24. The molecule has 3 rings (SSSR count). The van der Waals surface area contributed by atoms with Gasteiger partial charge in [0.1, 0.15) is 0 Å². The average molecular weight is 212 g/mol. The molecule has 0 radical (unpaired) electrons. The summed E-state index contributed by atoms with van der Waals surface area (Å²) in [4.78, 5) is 3.72. The number of thiophene rings is 1. The number of piperazine rings is 1. The fourth-order valence-electron chi connectivity index (χ4n) is 2.42. The number of rotatable bonds is 0. The monoisotopic (exact) mass is 212 g/mol. The van der Waals surface area contributed by atoms with E-state index in [1.54, 1.807) is 6.07 Å². The van der Waals surface area contributed by atoms with Crippen LogP contribution in [0.25, 0.3) is 0 Å². The molecule has 0 bridgehead atoms. The van der Waals surface area contributed by atoms with Gasteiger partial charge in [-0.1, -0.05) is 0 Å². The minimum absolute atomic E-state index is 0.0255. The molecule has 2 nitrogen and oxygen atoms in total. The fourth-order valence-corrected chi connectivity index (χ4v) is 3.49. The number of nitrogens with zero attached hydrogens (tertiary/aromatic N) is 1. The first-order chi connectivity index (χ1) is 6.84. The van der Waals surface area contributed by atoms with E-state index < -0.39 is 0 Å². The lowest BCUT2D eigenvalue weighted by Gasteiger charge is -2.39. The molecular formula is C10H13FN2S. The van der Waals surface area contributed by atoms with Crippen LogP contribution in [-0.4, -0.2) is 31.1 Å². The topological polar surface area (TPSA) is 15.3 Å². The van der Waals surface area contributed by atoms with E-state index in [0.717, 1.165) is 32.6 Å². The van der Waals surface area contributed by atoms with Crippen molar-refractivity contribution in [3.63, 3.8) is 0 Å². The summed E-state index contributed by atoms with van der Waals surface area (Å²) in [5, 5.41) is 3.35. The Hall–Kier alpha value is -0.450. The Kier molecular flexibility index (Phi) is 2.08. The minimum Gasteiger partial charge on any atom is -0.314 e. The third-order valence-electron chi connectivity index (χ3n) is 3.14. The van der Waals surface area contributed by atoms with Crippen LogP contribution in [-0.2, 0) is 6.42 Å². The Bertz CT molecular complexity index is 350. The molecule has 2 aliphatic rings. The molecule has 1 atom stereocenters. The van der Waals surface area contributed by atoms with Crippen molar-refractivity contribution in [2.24, 2.45) is 0 Å². The van der Waals surface area contributed by atoms with E-state index in [2.05, 4.69) is 10.2 Å². The number of halogens is 1. The molecule has 2 aliphatic heterocycles. The highest BCUT2D eigenvalue weighted by atomic mass is 32.1. The Balaban J connectivity index is 1.98. The third-order valence-corrected chi connectivity index (χ3v) is 4.20. The lowest BCUT2D eigenvalue weighted by molar-refractivity contribution is 0.155. The number of hydrogen-bond donors (Lipinski definition) is 1. The van der Waals surface area contributed by atoms with Crippen molar-refractivity contribution in [3.8, 4) is 0 Å². The largest absolute Gasteiger partial charge is 0.314 e. The van der Waals surface area contributed by atoms with E-state index in [4.69, 9.17) is 0 Å². The van der Waals surface area contributed by atoms with Gasteiger partial charge in [0.2, 0.25) is 0 Å². The fraction of sp³-hybridized carbons (Fsp3) is 0.600. The zero-order valence-corrected chi connectivity index (χ0v) is 8.74. The normalized spacial score (nSPS) is 27.1. The van der Waals surface area contributed by atoms with Gasteiger partial charge in [0.25, 0.3) is 0 Å². The second-order valence-corrected chi connectivity index (χ2v) is 4.98. The summed E-state index contributed by atoms with van der Waals surface area (Å²) >= 11 is 1.33. The molecule has 0 aromatic carbocycles. The second kappa shape index (κ2) is 3.29. The van der Waals surface area contributed by atoms with Gasteiger partial charge in [-0.25, -0.2) is 0 Å². The minimum atomic E-state index is -0.0255. The summed E-state index contributed by atoms with van der Waals surface area (Å²) in [6.07, 6.45) is 1.02. The number of nitrogens with one attached hydrogen (secondary N) is 1. The molecule has 0 amide bonds. The second-order valence-electron chi connectivity index (χ2n) is 3.95. The van der Waals surface area contributed by atoms with Gasteiger partial charge >= 0.3 is 0 Å². The average Bonchev–Trinajstić information content (AvgIpc) is 2.59. The van der Waals surface area contributed by atoms with Crippen LogP contribution in [0.15, 0.2) is 6.07 Å². The quantitative estimate of drug-likeness (QED) is 0.699. The van der Waals surface area contributed by atoms with Crippen LogP contribution in [0.1, 0.15) is 16.5 Å². The van der Waals surface area contributed by atoms with Crippen LogP contribution in [0.2, 0.25) is 0 Å². The van der Waals surface area contributed by atoms with Crippen LogP contribution < -0.4 is 5.32 Å². The van der Waals surface area contributed by atoms with Gasteiger partial charge in [-0.05, 0) is 18.1 Å². The van der Waals surface area contributed by atoms with Crippen molar-refractivity contribution in [3.05, 3.63) is 21.6 Å². The molecule has 0 aliphatic carbocycles. The maximum Gasteiger partial charge on any atom is 0.176 e. The van der Waals surface area contributed by atoms with Crippen molar-refractivity contribution in [2.75, 3.05) is 26.2 Å². The molecule has 1 aromatic rings. The molecule has 14 heavy (non-hydrogen) atoms. The van der Waals surface area contributed by atoms with E-state index >= 15 is 0 Å².